The maximum Gasteiger partial charge on any atom is 0.210 e. The Labute approximate surface area is 125 Å². The van der Waals surface area contributed by atoms with Crippen LogP contribution in [0.25, 0.3) is 16.6 Å². The van der Waals surface area contributed by atoms with Crippen LogP contribution in [0, 0.1) is 5.82 Å². The molecule has 0 aliphatic rings. The average molecular weight is 295 g/mol. The van der Waals surface area contributed by atoms with Gasteiger partial charge in [0.2, 0.25) is 5.95 Å². The zero-order chi connectivity index (χ0) is 15.1. The van der Waals surface area contributed by atoms with E-state index in [0.29, 0.717) is 17.1 Å². The first-order valence-electron chi connectivity index (χ1n) is 6.78. The molecule has 0 spiro atoms. The lowest BCUT2D eigenvalue weighted by molar-refractivity contribution is 0.603. The summed E-state index contributed by atoms with van der Waals surface area (Å²) in [5.41, 5.74) is 2.84. The smallest absolute Gasteiger partial charge is 0.210 e. The standard InChI is InChI=1S/C14H11BFN5O/c15-10-6-18-14(21-7-19-20-13(10)21)17-5-9-8-3-4-22-12(8)2-1-11(9)16/h1-4,6-7H,5,15H2,(H,17,18). The van der Waals surface area contributed by atoms with E-state index in [1.165, 1.54) is 6.07 Å². The first-order valence-corrected chi connectivity index (χ1v) is 6.78. The SMILES string of the molecule is Bc1cnc(NCc2c(F)ccc3occc23)n2cnnc12. The minimum Gasteiger partial charge on any atom is -0.464 e. The summed E-state index contributed by atoms with van der Waals surface area (Å²) in [6.07, 6.45) is 4.84. The van der Waals surface area contributed by atoms with E-state index in [2.05, 4.69) is 20.5 Å². The monoisotopic (exact) mass is 295 g/mol. The van der Waals surface area contributed by atoms with E-state index in [1.807, 2.05) is 7.85 Å². The quantitative estimate of drug-likeness (QED) is 0.568. The maximum absolute atomic E-state index is 14.1. The molecule has 0 atom stereocenters. The highest BCUT2D eigenvalue weighted by Crippen LogP contribution is 2.23. The normalized spacial score (nSPS) is 11.3. The number of halogens is 1. The third-order valence-corrected chi connectivity index (χ3v) is 3.62. The molecule has 1 aromatic carbocycles. The first-order chi connectivity index (χ1) is 10.7. The van der Waals surface area contributed by atoms with Crippen LogP contribution in [0.4, 0.5) is 10.3 Å². The Morgan fingerprint density at radius 2 is 2.23 bits per heavy atom. The number of aromatic nitrogens is 4. The van der Waals surface area contributed by atoms with Gasteiger partial charge in [0.25, 0.3) is 0 Å². The average Bonchev–Trinajstić information content (AvgIpc) is 3.17. The van der Waals surface area contributed by atoms with Crippen LogP contribution >= 0.6 is 0 Å². The van der Waals surface area contributed by atoms with Crippen molar-refractivity contribution in [2.24, 2.45) is 0 Å². The Morgan fingerprint density at radius 3 is 3.14 bits per heavy atom. The molecule has 0 fully saturated rings. The Hall–Kier alpha value is -2.90. The minimum absolute atomic E-state index is 0.284. The van der Waals surface area contributed by atoms with E-state index in [-0.39, 0.29) is 12.4 Å². The summed E-state index contributed by atoms with van der Waals surface area (Å²) in [5, 5.41) is 11.8. The van der Waals surface area contributed by atoms with Crippen LogP contribution in [-0.2, 0) is 6.54 Å². The maximum atomic E-state index is 14.1. The second kappa shape index (κ2) is 4.83. The molecule has 0 saturated heterocycles. The topological polar surface area (TPSA) is 68.2 Å². The van der Waals surface area contributed by atoms with Crippen LogP contribution in [0.3, 0.4) is 0 Å². The number of nitrogens with zero attached hydrogens (tertiary/aromatic N) is 4. The molecule has 6 nitrogen and oxygen atoms in total. The molecule has 0 amide bonds. The van der Waals surface area contributed by atoms with Crippen molar-refractivity contribution in [2.75, 3.05) is 5.32 Å². The molecule has 3 heterocycles. The van der Waals surface area contributed by atoms with E-state index < -0.39 is 0 Å². The largest absolute Gasteiger partial charge is 0.464 e. The molecule has 0 radical (unpaired) electrons. The van der Waals surface area contributed by atoms with Crippen molar-refractivity contribution in [1.29, 1.82) is 0 Å². The van der Waals surface area contributed by atoms with E-state index in [0.717, 1.165) is 16.5 Å². The summed E-state index contributed by atoms with van der Waals surface area (Å²) >= 11 is 0. The molecule has 1 N–H and O–H groups in total. The summed E-state index contributed by atoms with van der Waals surface area (Å²) in [7, 11) is 1.91. The fraction of sp³-hybridized carbons (Fsp3) is 0.0714. The lowest BCUT2D eigenvalue weighted by Gasteiger charge is -2.10. The van der Waals surface area contributed by atoms with Crippen molar-refractivity contribution in [3.05, 3.63) is 48.4 Å². The van der Waals surface area contributed by atoms with Crippen LogP contribution in [-0.4, -0.2) is 27.4 Å². The second-order valence-corrected chi connectivity index (χ2v) is 5.00. The van der Waals surface area contributed by atoms with Crippen molar-refractivity contribution in [3.8, 4) is 0 Å². The van der Waals surface area contributed by atoms with Crippen molar-refractivity contribution < 1.29 is 8.81 Å². The summed E-state index contributed by atoms with van der Waals surface area (Å²) in [6, 6.07) is 4.78. The number of nitrogens with one attached hydrogen (secondary N) is 1. The molecule has 0 unspecified atom stereocenters. The first kappa shape index (κ1) is 12.8. The zero-order valence-electron chi connectivity index (χ0n) is 11.7. The van der Waals surface area contributed by atoms with Gasteiger partial charge in [-0.1, -0.05) is 0 Å². The molecule has 0 bridgehead atoms. The van der Waals surface area contributed by atoms with Crippen LogP contribution < -0.4 is 10.8 Å². The summed E-state index contributed by atoms with van der Waals surface area (Å²) in [4.78, 5) is 4.32. The predicted molar refractivity (Wildman–Crippen MR) is 82.5 cm³/mol. The van der Waals surface area contributed by atoms with Crippen molar-refractivity contribution >= 4 is 35.9 Å². The molecule has 0 aliphatic heterocycles. The van der Waals surface area contributed by atoms with Gasteiger partial charge in [-0.2, -0.15) is 0 Å². The molecule has 108 valence electrons. The van der Waals surface area contributed by atoms with Gasteiger partial charge in [-0.15, -0.1) is 10.2 Å². The van der Waals surface area contributed by atoms with E-state index in [1.54, 1.807) is 35.3 Å². The third-order valence-electron chi connectivity index (χ3n) is 3.62. The molecule has 0 aliphatic carbocycles. The predicted octanol–water partition coefficient (Wildman–Crippen LogP) is 0.880. The molecule has 0 saturated carbocycles. The van der Waals surface area contributed by atoms with Gasteiger partial charge in [0.05, 0.1) is 6.26 Å². The van der Waals surface area contributed by atoms with E-state index in [4.69, 9.17) is 4.42 Å². The van der Waals surface area contributed by atoms with Gasteiger partial charge in [0.1, 0.15) is 25.6 Å². The van der Waals surface area contributed by atoms with Crippen LogP contribution in [0.15, 0.2) is 41.4 Å². The highest BCUT2D eigenvalue weighted by molar-refractivity contribution is 6.36. The van der Waals surface area contributed by atoms with Crippen molar-refractivity contribution in [3.63, 3.8) is 0 Å². The van der Waals surface area contributed by atoms with Gasteiger partial charge in [-0.25, -0.2) is 9.37 Å². The van der Waals surface area contributed by atoms with Gasteiger partial charge >= 0.3 is 0 Å². The van der Waals surface area contributed by atoms with E-state index >= 15 is 0 Å². The van der Waals surface area contributed by atoms with Crippen molar-refractivity contribution in [1.82, 2.24) is 19.6 Å². The Balaban J connectivity index is 1.72. The van der Waals surface area contributed by atoms with Gasteiger partial charge in [-0.3, -0.25) is 4.40 Å². The lowest BCUT2D eigenvalue weighted by atomic mass is 10.00. The number of hydrogen-bond acceptors (Lipinski definition) is 5. The summed E-state index contributed by atoms with van der Waals surface area (Å²) in [6.45, 7) is 0.284. The molecule has 3 aromatic heterocycles. The highest BCUT2D eigenvalue weighted by atomic mass is 19.1. The number of anilines is 1. The zero-order valence-corrected chi connectivity index (χ0v) is 11.7. The van der Waals surface area contributed by atoms with Crippen LogP contribution in [0.2, 0.25) is 0 Å². The number of rotatable bonds is 3. The summed E-state index contributed by atoms with van der Waals surface area (Å²) < 4.78 is 21.1. The molecule has 4 rings (SSSR count). The molecule has 8 heteroatoms. The highest BCUT2D eigenvalue weighted by Gasteiger charge is 2.11. The third kappa shape index (κ3) is 1.92. The fourth-order valence-corrected chi connectivity index (χ4v) is 2.49. The fourth-order valence-electron chi connectivity index (χ4n) is 2.49. The van der Waals surface area contributed by atoms with Gasteiger partial charge in [0, 0.05) is 23.7 Å². The van der Waals surface area contributed by atoms with Crippen LogP contribution in [0.1, 0.15) is 5.56 Å². The van der Waals surface area contributed by atoms with E-state index in [9.17, 15) is 4.39 Å². The number of hydrogen-bond donors (Lipinski definition) is 1. The molecule has 22 heavy (non-hydrogen) atoms. The Kier molecular flexibility index (Phi) is 2.82. The number of benzene rings is 1. The van der Waals surface area contributed by atoms with Crippen molar-refractivity contribution in [2.45, 2.75) is 6.54 Å². The van der Waals surface area contributed by atoms with Crippen LogP contribution in [0.5, 0.6) is 0 Å². The Morgan fingerprint density at radius 1 is 1.32 bits per heavy atom. The number of furan rings is 1. The molecular formula is C14H11BFN5O. The lowest BCUT2D eigenvalue weighted by Crippen LogP contribution is -2.14. The minimum atomic E-state index is -0.284. The van der Waals surface area contributed by atoms with Gasteiger partial charge < -0.3 is 9.73 Å². The van der Waals surface area contributed by atoms with Gasteiger partial charge in [0.15, 0.2) is 5.65 Å². The Bertz CT molecular complexity index is 980. The molecular weight excluding hydrogens is 284 g/mol. The second-order valence-electron chi connectivity index (χ2n) is 5.00. The summed E-state index contributed by atoms with van der Waals surface area (Å²) in [5.74, 6) is 0.277. The van der Waals surface area contributed by atoms with Gasteiger partial charge in [-0.05, 0) is 23.7 Å². The number of fused-ring (bicyclic) bond motifs is 2. The molecule has 4 aromatic rings.